The number of benzene rings is 4. The summed E-state index contributed by atoms with van der Waals surface area (Å²) in [6.45, 7) is 0. The molecular formula is C35H27FN2O5. The van der Waals surface area contributed by atoms with Crippen molar-refractivity contribution in [3.63, 3.8) is 0 Å². The molecule has 1 N–H and O–H groups in total. The summed E-state index contributed by atoms with van der Waals surface area (Å²) < 4.78 is 24.9. The van der Waals surface area contributed by atoms with E-state index < -0.39 is 40.8 Å². The van der Waals surface area contributed by atoms with Crippen molar-refractivity contribution in [3.8, 4) is 11.5 Å². The van der Waals surface area contributed by atoms with E-state index in [4.69, 9.17) is 9.47 Å². The quantitative estimate of drug-likeness (QED) is 0.292. The average Bonchev–Trinajstić information content (AvgIpc) is 3.52. The number of ketones is 2. The van der Waals surface area contributed by atoms with Gasteiger partial charge in [0.2, 0.25) is 5.91 Å². The first-order valence-corrected chi connectivity index (χ1v) is 13.9. The summed E-state index contributed by atoms with van der Waals surface area (Å²) >= 11 is 0. The summed E-state index contributed by atoms with van der Waals surface area (Å²) in [6.07, 6.45) is 3.69. The molecule has 0 radical (unpaired) electrons. The summed E-state index contributed by atoms with van der Waals surface area (Å²) in [5, 5.41) is 3.03. The third kappa shape index (κ3) is 3.75. The van der Waals surface area contributed by atoms with E-state index in [1.165, 1.54) is 38.5 Å². The zero-order valence-corrected chi connectivity index (χ0v) is 23.4. The van der Waals surface area contributed by atoms with Gasteiger partial charge in [-0.1, -0.05) is 42.5 Å². The number of hydrogen-bond acceptors (Lipinski definition) is 6. The zero-order valence-electron chi connectivity index (χ0n) is 23.4. The summed E-state index contributed by atoms with van der Waals surface area (Å²) in [6, 6.07) is 23.3. The predicted octanol–water partition coefficient (Wildman–Crippen LogP) is 5.82. The van der Waals surface area contributed by atoms with Crippen molar-refractivity contribution in [3.05, 3.63) is 131 Å². The molecule has 3 aliphatic rings. The summed E-state index contributed by atoms with van der Waals surface area (Å²) in [5.74, 6) is -2.10. The number of fused-ring (bicyclic) bond motifs is 6. The number of Topliss-reactive ketones (excluding diaryl/α,β-unsaturated/α-hetero) is 2. The van der Waals surface area contributed by atoms with Gasteiger partial charge in [0.1, 0.15) is 28.8 Å². The van der Waals surface area contributed by atoms with Crippen LogP contribution in [0.25, 0.3) is 6.08 Å². The van der Waals surface area contributed by atoms with Crippen molar-refractivity contribution in [1.29, 1.82) is 0 Å². The summed E-state index contributed by atoms with van der Waals surface area (Å²) in [5.41, 5.74) is 1.92. The number of amides is 1. The van der Waals surface area contributed by atoms with Crippen molar-refractivity contribution in [1.82, 2.24) is 4.90 Å². The number of rotatable bonds is 6. The standard InChI is InChI=1S/C35H27FN2O5/c1-42-23-15-16-25(28(19-23)43-2)32(40)29-30(31(39)21-11-13-22(36)14-12-21)38-18-17-20-7-3-4-8-24(20)33(38)35(29)26-9-5-6-10-27(26)37-34(35)41/h3-19,29-30,33H,1-2H3,(H,37,41)/t29-,30+,33-,35-/m1/s1. The van der Waals surface area contributed by atoms with Gasteiger partial charge in [0.15, 0.2) is 11.6 Å². The fourth-order valence-electron chi connectivity index (χ4n) is 7.12. The van der Waals surface area contributed by atoms with Crippen LogP contribution in [0.4, 0.5) is 10.1 Å². The molecule has 1 spiro atoms. The van der Waals surface area contributed by atoms with Crippen LogP contribution in [0, 0.1) is 11.7 Å². The Bertz CT molecular complexity index is 1830. The lowest BCUT2D eigenvalue weighted by molar-refractivity contribution is -0.122. The van der Waals surface area contributed by atoms with E-state index in [0.717, 1.165) is 11.1 Å². The van der Waals surface area contributed by atoms with Crippen LogP contribution < -0.4 is 14.8 Å². The molecule has 0 aliphatic carbocycles. The molecule has 1 amide bonds. The Morgan fingerprint density at radius 1 is 0.884 bits per heavy atom. The molecule has 43 heavy (non-hydrogen) atoms. The molecule has 7 nitrogen and oxygen atoms in total. The van der Waals surface area contributed by atoms with Crippen LogP contribution in [0.1, 0.15) is 43.4 Å². The topological polar surface area (TPSA) is 84.9 Å². The van der Waals surface area contributed by atoms with E-state index in [-0.39, 0.29) is 22.8 Å². The van der Waals surface area contributed by atoms with Gasteiger partial charge in [-0.25, -0.2) is 4.39 Å². The third-order valence-electron chi connectivity index (χ3n) is 8.92. The van der Waals surface area contributed by atoms with E-state index in [2.05, 4.69) is 5.32 Å². The van der Waals surface area contributed by atoms with Crippen molar-refractivity contribution >= 4 is 29.2 Å². The monoisotopic (exact) mass is 574 g/mol. The lowest BCUT2D eigenvalue weighted by atomic mass is 9.62. The highest BCUT2D eigenvalue weighted by Gasteiger charge is 2.70. The first-order valence-electron chi connectivity index (χ1n) is 13.9. The second-order valence-corrected chi connectivity index (χ2v) is 10.9. The van der Waals surface area contributed by atoms with Crippen LogP contribution in [0.15, 0.2) is 97.2 Å². The maximum Gasteiger partial charge on any atom is 0.238 e. The van der Waals surface area contributed by atoms with Crippen LogP contribution in [-0.4, -0.2) is 42.6 Å². The Balaban J connectivity index is 1.54. The lowest BCUT2D eigenvalue weighted by Gasteiger charge is -2.38. The first-order chi connectivity index (χ1) is 20.9. The van der Waals surface area contributed by atoms with Gasteiger partial charge in [0.25, 0.3) is 0 Å². The minimum Gasteiger partial charge on any atom is -0.497 e. The van der Waals surface area contributed by atoms with Crippen LogP contribution in [-0.2, 0) is 10.2 Å². The van der Waals surface area contributed by atoms with Gasteiger partial charge in [-0.3, -0.25) is 14.4 Å². The number of nitrogens with zero attached hydrogens (tertiary/aromatic N) is 1. The Hall–Kier alpha value is -5.24. The number of methoxy groups -OCH3 is 2. The number of ether oxygens (including phenoxy) is 2. The van der Waals surface area contributed by atoms with E-state index in [9.17, 15) is 14.0 Å². The van der Waals surface area contributed by atoms with Gasteiger partial charge < -0.3 is 19.7 Å². The van der Waals surface area contributed by atoms with Gasteiger partial charge in [-0.15, -0.1) is 0 Å². The molecule has 0 bridgehead atoms. The molecule has 0 aromatic heterocycles. The molecule has 4 aromatic carbocycles. The maximum atomic E-state index is 15.0. The van der Waals surface area contributed by atoms with Gasteiger partial charge in [0.05, 0.1) is 31.7 Å². The molecule has 4 aromatic rings. The van der Waals surface area contributed by atoms with Crippen molar-refractivity contribution < 1.29 is 28.2 Å². The highest BCUT2D eigenvalue weighted by Crippen LogP contribution is 2.62. The van der Waals surface area contributed by atoms with Crippen molar-refractivity contribution in [2.24, 2.45) is 5.92 Å². The third-order valence-corrected chi connectivity index (χ3v) is 8.92. The average molecular weight is 575 g/mol. The first kappa shape index (κ1) is 26.6. The lowest BCUT2D eigenvalue weighted by Crippen LogP contribution is -2.49. The van der Waals surface area contributed by atoms with Crippen LogP contribution in [0.2, 0.25) is 0 Å². The number of nitrogens with one attached hydrogen (secondary N) is 1. The predicted molar refractivity (Wildman–Crippen MR) is 159 cm³/mol. The highest BCUT2D eigenvalue weighted by atomic mass is 19.1. The number of para-hydroxylation sites is 1. The fourth-order valence-corrected chi connectivity index (χ4v) is 7.12. The van der Waals surface area contributed by atoms with E-state index in [0.29, 0.717) is 17.0 Å². The number of hydrogen-bond donors (Lipinski definition) is 1. The molecule has 214 valence electrons. The number of carbonyl (C=O) groups excluding carboxylic acids is 3. The van der Waals surface area contributed by atoms with Gasteiger partial charge >= 0.3 is 0 Å². The van der Waals surface area contributed by atoms with E-state index in [1.807, 2.05) is 59.5 Å². The molecule has 1 fully saturated rings. The normalized spacial score (nSPS) is 22.9. The minimum atomic E-state index is -1.49. The zero-order chi connectivity index (χ0) is 29.9. The largest absolute Gasteiger partial charge is 0.497 e. The second kappa shape index (κ2) is 9.94. The van der Waals surface area contributed by atoms with E-state index >= 15 is 4.79 Å². The summed E-state index contributed by atoms with van der Waals surface area (Å²) in [4.78, 5) is 46.0. The van der Waals surface area contributed by atoms with Gasteiger partial charge in [0, 0.05) is 23.5 Å². The molecule has 4 atom stereocenters. The van der Waals surface area contributed by atoms with E-state index in [1.54, 1.807) is 24.4 Å². The smallest absolute Gasteiger partial charge is 0.238 e. The van der Waals surface area contributed by atoms with Crippen LogP contribution in [0.5, 0.6) is 11.5 Å². The molecule has 3 aliphatic heterocycles. The SMILES string of the molecule is COc1ccc(C(=O)[C@H]2[C@@H](C(=O)c3ccc(F)cc3)N3C=Cc4ccccc4[C@@H]3[C@]23C(=O)Nc2ccccc23)c(OC)c1. The number of anilines is 1. The molecule has 0 saturated carbocycles. The Morgan fingerprint density at radius 3 is 2.40 bits per heavy atom. The van der Waals surface area contributed by atoms with Crippen molar-refractivity contribution in [2.75, 3.05) is 19.5 Å². The maximum absolute atomic E-state index is 15.0. The molecule has 7 rings (SSSR count). The molecule has 3 heterocycles. The molecule has 0 unspecified atom stereocenters. The number of carbonyl (C=O) groups is 3. The van der Waals surface area contributed by atoms with Crippen molar-refractivity contribution in [2.45, 2.75) is 17.5 Å². The molecule has 8 heteroatoms. The van der Waals surface area contributed by atoms with Crippen LogP contribution >= 0.6 is 0 Å². The highest BCUT2D eigenvalue weighted by molar-refractivity contribution is 6.17. The van der Waals surface area contributed by atoms with Gasteiger partial charge in [-0.2, -0.15) is 0 Å². The minimum absolute atomic E-state index is 0.221. The fraction of sp³-hybridized carbons (Fsp3) is 0.171. The Kier molecular flexibility index (Phi) is 6.16. The second-order valence-electron chi connectivity index (χ2n) is 10.9. The van der Waals surface area contributed by atoms with Gasteiger partial charge in [-0.05, 0) is 65.2 Å². The number of halogens is 1. The Morgan fingerprint density at radius 2 is 1.63 bits per heavy atom. The van der Waals surface area contributed by atoms with Crippen LogP contribution in [0.3, 0.4) is 0 Å². The molecule has 1 saturated heterocycles. The summed E-state index contributed by atoms with van der Waals surface area (Å²) in [7, 11) is 2.97. The Labute approximate surface area is 247 Å². The molecular weight excluding hydrogens is 547 g/mol.